The van der Waals surface area contributed by atoms with E-state index in [2.05, 4.69) is 41.3 Å². The molecule has 0 amide bonds. The number of ether oxygens (including phenoxy) is 2. The molecule has 0 fully saturated rings. The standard InChI is InChI=1S/C6H8Br2O4/c7-1-3-11-5(9)6(10)12-4-2-8/h1-4H2. The van der Waals surface area contributed by atoms with E-state index in [-0.39, 0.29) is 13.2 Å². The second-order valence-corrected chi connectivity index (χ2v) is 3.24. The lowest BCUT2D eigenvalue weighted by molar-refractivity contribution is -0.166. The number of alkyl halides is 2. The number of carbonyl (C=O) groups is 2. The van der Waals surface area contributed by atoms with Crippen molar-refractivity contribution in [2.75, 3.05) is 23.9 Å². The molecule has 0 saturated heterocycles. The topological polar surface area (TPSA) is 52.6 Å². The Morgan fingerprint density at radius 1 is 0.917 bits per heavy atom. The predicted molar refractivity (Wildman–Crippen MR) is 49.5 cm³/mol. The molecular weight excluding hydrogens is 296 g/mol. The molecule has 0 heterocycles. The van der Waals surface area contributed by atoms with Crippen molar-refractivity contribution in [2.24, 2.45) is 0 Å². The minimum absolute atomic E-state index is 0.169. The summed E-state index contributed by atoms with van der Waals surface area (Å²) in [4.78, 5) is 21.3. The van der Waals surface area contributed by atoms with Crippen LogP contribution < -0.4 is 0 Å². The molecule has 12 heavy (non-hydrogen) atoms. The maximum absolute atomic E-state index is 10.7. The smallest absolute Gasteiger partial charge is 0.417 e. The summed E-state index contributed by atoms with van der Waals surface area (Å²) in [6, 6.07) is 0. The summed E-state index contributed by atoms with van der Waals surface area (Å²) in [5.74, 6) is -1.90. The average Bonchev–Trinajstić information content (AvgIpc) is 2.10. The molecule has 0 N–H and O–H groups in total. The number of hydrogen-bond donors (Lipinski definition) is 0. The molecule has 0 aliphatic rings. The zero-order valence-corrected chi connectivity index (χ0v) is 9.39. The van der Waals surface area contributed by atoms with Gasteiger partial charge in [-0.3, -0.25) is 0 Å². The van der Waals surface area contributed by atoms with Gasteiger partial charge in [0.1, 0.15) is 13.2 Å². The lowest BCUT2D eigenvalue weighted by Crippen LogP contribution is -2.21. The van der Waals surface area contributed by atoms with Gasteiger partial charge in [0.15, 0.2) is 0 Å². The van der Waals surface area contributed by atoms with Crippen LogP contribution in [0.25, 0.3) is 0 Å². The van der Waals surface area contributed by atoms with E-state index in [1.54, 1.807) is 0 Å². The van der Waals surface area contributed by atoms with Crippen molar-refractivity contribution in [1.82, 2.24) is 0 Å². The van der Waals surface area contributed by atoms with Crippen molar-refractivity contribution in [3.8, 4) is 0 Å². The van der Waals surface area contributed by atoms with E-state index in [1.165, 1.54) is 0 Å². The van der Waals surface area contributed by atoms with Gasteiger partial charge in [-0.15, -0.1) is 0 Å². The molecule has 0 atom stereocenters. The van der Waals surface area contributed by atoms with Crippen LogP contribution in [0.5, 0.6) is 0 Å². The van der Waals surface area contributed by atoms with Crippen LogP contribution in [-0.4, -0.2) is 35.8 Å². The highest BCUT2D eigenvalue weighted by Crippen LogP contribution is 1.89. The number of hydrogen-bond acceptors (Lipinski definition) is 4. The minimum Gasteiger partial charge on any atom is -0.456 e. The second kappa shape index (κ2) is 7.54. The third-order valence-corrected chi connectivity index (χ3v) is 1.43. The number of esters is 2. The van der Waals surface area contributed by atoms with Crippen LogP contribution in [0, 0.1) is 0 Å². The molecule has 0 aromatic carbocycles. The Bertz CT molecular complexity index is 142. The largest absolute Gasteiger partial charge is 0.456 e. The third-order valence-electron chi connectivity index (χ3n) is 0.787. The van der Waals surface area contributed by atoms with E-state index >= 15 is 0 Å². The zero-order chi connectivity index (χ0) is 9.40. The van der Waals surface area contributed by atoms with Gasteiger partial charge in [0.05, 0.1) is 0 Å². The molecule has 0 spiro atoms. The van der Waals surface area contributed by atoms with Gasteiger partial charge >= 0.3 is 11.9 Å². The first-order valence-corrected chi connectivity index (χ1v) is 5.42. The van der Waals surface area contributed by atoms with Gasteiger partial charge in [-0.1, -0.05) is 31.9 Å². The highest BCUT2D eigenvalue weighted by Gasteiger charge is 2.15. The maximum atomic E-state index is 10.7. The van der Waals surface area contributed by atoms with Crippen LogP contribution in [0.4, 0.5) is 0 Å². The van der Waals surface area contributed by atoms with Gasteiger partial charge in [-0.05, 0) is 0 Å². The van der Waals surface area contributed by atoms with Crippen LogP contribution in [0.2, 0.25) is 0 Å². The summed E-state index contributed by atoms with van der Waals surface area (Å²) in [6.07, 6.45) is 0. The van der Waals surface area contributed by atoms with Crippen LogP contribution >= 0.6 is 31.9 Å². The van der Waals surface area contributed by atoms with Crippen molar-refractivity contribution in [2.45, 2.75) is 0 Å². The van der Waals surface area contributed by atoms with Gasteiger partial charge < -0.3 is 9.47 Å². The molecule has 0 saturated carbocycles. The molecule has 0 rings (SSSR count). The maximum Gasteiger partial charge on any atom is 0.417 e. The zero-order valence-electron chi connectivity index (χ0n) is 6.22. The number of rotatable bonds is 4. The number of carbonyl (C=O) groups excluding carboxylic acids is 2. The Hall–Kier alpha value is -0.100. The fourth-order valence-corrected chi connectivity index (χ4v) is 0.704. The number of halogens is 2. The first-order valence-electron chi connectivity index (χ1n) is 3.18. The fourth-order valence-electron chi connectivity index (χ4n) is 0.380. The lowest BCUT2D eigenvalue weighted by Gasteiger charge is -2.01. The quantitative estimate of drug-likeness (QED) is 0.439. The summed E-state index contributed by atoms with van der Waals surface area (Å²) >= 11 is 6.09. The van der Waals surface area contributed by atoms with Crippen molar-refractivity contribution in [3.63, 3.8) is 0 Å². The predicted octanol–water partition coefficient (Wildman–Crippen LogP) is 0.863. The average molecular weight is 304 g/mol. The molecule has 0 aromatic heterocycles. The van der Waals surface area contributed by atoms with Crippen LogP contribution in [0.15, 0.2) is 0 Å². The van der Waals surface area contributed by atoms with E-state index in [9.17, 15) is 9.59 Å². The van der Waals surface area contributed by atoms with Crippen LogP contribution in [0.3, 0.4) is 0 Å². The molecule has 0 aliphatic heterocycles. The van der Waals surface area contributed by atoms with E-state index in [4.69, 9.17) is 0 Å². The van der Waals surface area contributed by atoms with Crippen molar-refractivity contribution in [3.05, 3.63) is 0 Å². The van der Waals surface area contributed by atoms with E-state index < -0.39 is 11.9 Å². The summed E-state index contributed by atoms with van der Waals surface area (Å²) in [5.41, 5.74) is 0. The lowest BCUT2D eigenvalue weighted by atomic mass is 10.7. The molecule has 0 aromatic rings. The van der Waals surface area contributed by atoms with Crippen LogP contribution in [-0.2, 0) is 19.1 Å². The Labute approximate surface area is 86.8 Å². The SMILES string of the molecule is O=C(OCCBr)C(=O)OCCBr. The fraction of sp³-hybridized carbons (Fsp3) is 0.667. The summed E-state index contributed by atoms with van der Waals surface area (Å²) in [5, 5.41) is 1.01. The van der Waals surface area contributed by atoms with Gasteiger partial charge in [-0.25, -0.2) is 9.59 Å². The molecule has 70 valence electrons. The van der Waals surface area contributed by atoms with Gasteiger partial charge in [0, 0.05) is 10.7 Å². The van der Waals surface area contributed by atoms with E-state index in [0.29, 0.717) is 10.7 Å². The molecule has 6 heteroatoms. The first kappa shape index (κ1) is 11.9. The first-order chi connectivity index (χ1) is 5.72. The normalized spacial score (nSPS) is 9.17. The second-order valence-electron chi connectivity index (χ2n) is 1.65. The van der Waals surface area contributed by atoms with Gasteiger partial charge in [-0.2, -0.15) is 0 Å². The summed E-state index contributed by atoms with van der Waals surface area (Å²) in [6.45, 7) is 0.338. The third kappa shape index (κ3) is 5.54. The summed E-state index contributed by atoms with van der Waals surface area (Å²) in [7, 11) is 0. The minimum atomic E-state index is -0.949. The molecule has 0 radical (unpaired) electrons. The Kier molecular flexibility index (Phi) is 7.48. The van der Waals surface area contributed by atoms with Crippen molar-refractivity contribution >= 4 is 43.8 Å². The summed E-state index contributed by atoms with van der Waals surface area (Å²) < 4.78 is 8.95. The van der Waals surface area contributed by atoms with Crippen molar-refractivity contribution < 1.29 is 19.1 Å². The van der Waals surface area contributed by atoms with E-state index in [0.717, 1.165) is 0 Å². The van der Waals surface area contributed by atoms with Gasteiger partial charge in [0.25, 0.3) is 0 Å². The Balaban J connectivity index is 3.55. The van der Waals surface area contributed by atoms with Gasteiger partial charge in [0.2, 0.25) is 0 Å². The molecule has 4 nitrogen and oxygen atoms in total. The highest BCUT2D eigenvalue weighted by atomic mass is 79.9. The Morgan fingerprint density at radius 2 is 1.25 bits per heavy atom. The molecular formula is C6H8Br2O4. The monoisotopic (exact) mass is 302 g/mol. The van der Waals surface area contributed by atoms with E-state index in [1.807, 2.05) is 0 Å². The molecule has 0 aliphatic carbocycles. The molecule has 0 unspecified atom stereocenters. The Morgan fingerprint density at radius 3 is 1.50 bits per heavy atom. The molecule has 0 bridgehead atoms. The van der Waals surface area contributed by atoms with Crippen LogP contribution in [0.1, 0.15) is 0 Å². The van der Waals surface area contributed by atoms with Crippen molar-refractivity contribution in [1.29, 1.82) is 0 Å². The highest BCUT2D eigenvalue weighted by molar-refractivity contribution is 9.09.